The van der Waals surface area contributed by atoms with Gasteiger partial charge in [-0.25, -0.2) is 4.39 Å². The van der Waals surface area contributed by atoms with Crippen LogP contribution >= 0.6 is 11.6 Å². The molecule has 5 heteroatoms. The van der Waals surface area contributed by atoms with Crippen LogP contribution in [0.25, 0.3) is 0 Å². The number of benzene rings is 2. The summed E-state index contributed by atoms with van der Waals surface area (Å²) >= 11 is 5.72. The molecule has 20 heavy (non-hydrogen) atoms. The van der Waals surface area contributed by atoms with Crippen molar-refractivity contribution in [1.29, 1.82) is 0 Å². The predicted molar refractivity (Wildman–Crippen MR) is 72.9 cm³/mol. The molecule has 104 valence electrons. The molecule has 3 nitrogen and oxygen atoms in total. The Morgan fingerprint density at radius 2 is 1.90 bits per heavy atom. The number of aliphatic hydroxyl groups is 1. The summed E-state index contributed by atoms with van der Waals surface area (Å²) in [6.07, 6.45) is -1.14. The zero-order valence-corrected chi connectivity index (χ0v) is 11.2. The summed E-state index contributed by atoms with van der Waals surface area (Å²) in [4.78, 5) is 0. The standard InChI is InChI=1S/C15H12ClFO3/c16-9-4-5-10(12(17)8-9)14(18)11-2-1-3-13-15(11)20-7-6-19-13/h1-5,8,14,18H,6-7H2. The molecule has 1 aliphatic rings. The van der Waals surface area contributed by atoms with E-state index in [2.05, 4.69) is 0 Å². The third-order valence-electron chi connectivity index (χ3n) is 3.15. The fourth-order valence-electron chi connectivity index (χ4n) is 2.20. The van der Waals surface area contributed by atoms with Gasteiger partial charge in [0.2, 0.25) is 0 Å². The van der Waals surface area contributed by atoms with Crippen LogP contribution in [-0.4, -0.2) is 18.3 Å². The summed E-state index contributed by atoms with van der Waals surface area (Å²) in [5, 5.41) is 10.7. The first-order valence-corrected chi connectivity index (χ1v) is 6.56. The van der Waals surface area contributed by atoms with Crippen molar-refractivity contribution in [1.82, 2.24) is 0 Å². The van der Waals surface area contributed by atoms with Crippen molar-refractivity contribution in [2.75, 3.05) is 13.2 Å². The zero-order valence-electron chi connectivity index (χ0n) is 10.5. The second kappa shape index (κ2) is 5.31. The van der Waals surface area contributed by atoms with Crippen molar-refractivity contribution < 1.29 is 19.0 Å². The third kappa shape index (κ3) is 2.32. The minimum Gasteiger partial charge on any atom is -0.486 e. The van der Waals surface area contributed by atoms with E-state index < -0.39 is 11.9 Å². The molecule has 1 unspecified atom stereocenters. The highest BCUT2D eigenvalue weighted by Crippen LogP contribution is 2.39. The second-order valence-corrected chi connectivity index (χ2v) is 4.88. The summed E-state index contributed by atoms with van der Waals surface area (Å²) in [7, 11) is 0. The molecule has 1 heterocycles. The Morgan fingerprint density at radius 1 is 1.10 bits per heavy atom. The molecule has 0 bridgehead atoms. The molecular weight excluding hydrogens is 283 g/mol. The Bertz CT molecular complexity index is 645. The van der Waals surface area contributed by atoms with Crippen molar-refractivity contribution in [2.45, 2.75) is 6.10 Å². The molecule has 0 saturated heterocycles. The van der Waals surface area contributed by atoms with Crippen molar-refractivity contribution >= 4 is 11.6 Å². The van der Waals surface area contributed by atoms with Gasteiger partial charge in [0.05, 0.1) is 0 Å². The number of fused-ring (bicyclic) bond motifs is 1. The second-order valence-electron chi connectivity index (χ2n) is 4.44. The van der Waals surface area contributed by atoms with Gasteiger partial charge in [-0.05, 0) is 18.2 Å². The minimum absolute atomic E-state index is 0.150. The fourth-order valence-corrected chi connectivity index (χ4v) is 2.36. The molecule has 0 amide bonds. The van der Waals surface area contributed by atoms with Gasteiger partial charge >= 0.3 is 0 Å². The number of aliphatic hydroxyl groups excluding tert-OH is 1. The Kier molecular flexibility index (Phi) is 3.51. The van der Waals surface area contributed by atoms with Gasteiger partial charge in [-0.1, -0.05) is 29.8 Å². The molecule has 1 N–H and O–H groups in total. The van der Waals surface area contributed by atoms with Crippen LogP contribution in [0.15, 0.2) is 36.4 Å². The molecule has 0 aromatic heterocycles. The van der Waals surface area contributed by atoms with Crippen LogP contribution in [0.4, 0.5) is 4.39 Å². The van der Waals surface area contributed by atoms with Crippen LogP contribution in [0.2, 0.25) is 5.02 Å². The van der Waals surface area contributed by atoms with E-state index in [1.54, 1.807) is 18.2 Å². The minimum atomic E-state index is -1.14. The number of ether oxygens (including phenoxy) is 2. The molecule has 2 aromatic rings. The SMILES string of the molecule is OC(c1ccc(Cl)cc1F)c1cccc2c1OCCO2. The fraction of sp³-hybridized carbons (Fsp3) is 0.200. The molecule has 1 aliphatic heterocycles. The van der Waals surface area contributed by atoms with Gasteiger partial charge in [-0.3, -0.25) is 0 Å². The van der Waals surface area contributed by atoms with Crippen LogP contribution < -0.4 is 9.47 Å². The van der Waals surface area contributed by atoms with E-state index in [4.69, 9.17) is 21.1 Å². The van der Waals surface area contributed by atoms with Crippen molar-refractivity contribution in [3.05, 3.63) is 58.4 Å². The molecule has 0 saturated carbocycles. The number of para-hydroxylation sites is 1. The van der Waals surface area contributed by atoms with Gasteiger partial charge in [0.25, 0.3) is 0 Å². The third-order valence-corrected chi connectivity index (χ3v) is 3.38. The quantitative estimate of drug-likeness (QED) is 0.923. The lowest BCUT2D eigenvalue weighted by atomic mass is 9.99. The maximum absolute atomic E-state index is 13.9. The maximum atomic E-state index is 13.9. The lowest BCUT2D eigenvalue weighted by Crippen LogP contribution is -2.17. The smallest absolute Gasteiger partial charge is 0.167 e. The Labute approximate surface area is 120 Å². The first kappa shape index (κ1) is 13.2. The largest absolute Gasteiger partial charge is 0.486 e. The molecular formula is C15H12ClFO3. The van der Waals surface area contributed by atoms with Crippen LogP contribution in [0.3, 0.4) is 0 Å². The number of hydrogen-bond donors (Lipinski definition) is 1. The summed E-state index contributed by atoms with van der Waals surface area (Å²) < 4.78 is 24.9. The zero-order chi connectivity index (χ0) is 14.1. The van der Waals surface area contributed by atoms with E-state index in [-0.39, 0.29) is 10.6 Å². The highest BCUT2D eigenvalue weighted by molar-refractivity contribution is 6.30. The molecule has 1 atom stereocenters. The molecule has 3 rings (SSSR count). The van der Waals surface area contributed by atoms with E-state index in [0.29, 0.717) is 30.3 Å². The van der Waals surface area contributed by atoms with E-state index in [9.17, 15) is 9.50 Å². The van der Waals surface area contributed by atoms with E-state index >= 15 is 0 Å². The highest BCUT2D eigenvalue weighted by atomic mass is 35.5. The van der Waals surface area contributed by atoms with Gasteiger partial charge in [-0.2, -0.15) is 0 Å². The van der Waals surface area contributed by atoms with Crippen LogP contribution in [-0.2, 0) is 0 Å². The van der Waals surface area contributed by atoms with Gasteiger partial charge in [0.15, 0.2) is 11.5 Å². The monoisotopic (exact) mass is 294 g/mol. The normalized spacial score (nSPS) is 14.9. The van der Waals surface area contributed by atoms with Crippen LogP contribution in [0.5, 0.6) is 11.5 Å². The number of hydrogen-bond acceptors (Lipinski definition) is 3. The van der Waals surface area contributed by atoms with E-state index in [1.165, 1.54) is 18.2 Å². The van der Waals surface area contributed by atoms with Crippen LogP contribution in [0, 0.1) is 5.82 Å². The maximum Gasteiger partial charge on any atom is 0.167 e. The van der Waals surface area contributed by atoms with Gasteiger partial charge in [0, 0.05) is 16.1 Å². The average Bonchev–Trinajstić information content (AvgIpc) is 2.46. The van der Waals surface area contributed by atoms with Crippen molar-refractivity contribution in [2.24, 2.45) is 0 Å². The van der Waals surface area contributed by atoms with E-state index in [0.717, 1.165) is 0 Å². The molecule has 0 aliphatic carbocycles. The summed E-state index contributed by atoms with van der Waals surface area (Å²) in [6.45, 7) is 0.863. The van der Waals surface area contributed by atoms with Gasteiger partial charge < -0.3 is 14.6 Å². The van der Waals surface area contributed by atoms with Crippen molar-refractivity contribution in [3.63, 3.8) is 0 Å². The van der Waals surface area contributed by atoms with E-state index in [1.807, 2.05) is 0 Å². The molecule has 0 spiro atoms. The Morgan fingerprint density at radius 3 is 2.70 bits per heavy atom. The lowest BCUT2D eigenvalue weighted by molar-refractivity contribution is 0.157. The molecule has 0 radical (unpaired) electrons. The predicted octanol–water partition coefficient (Wildman–Crippen LogP) is 3.33. The first-order valence-electron chi connectivity index (χ1n) is 6.18. The summed E-state index contributed by atoms with van der Waals surface area (Å²) in [5.74, 6) is 0.460. The van der Waals surface area contributed by atoms with Gasteiger partial charge in [-0.15, -0.1) is 0 Å². The molecule has 2 aromatic carbocycles. The lowest BCUT2D eigenvalue weighted by Gasteiger charge is -2.23. The summed E-state index contributed by atoms with van der Waals surface area (Å²) in [5.41, 5.74) is 0.625. The average molecular weight is 295 g/mol. The number of rotatable bonds is 2. The molecule has 0 fully saturated rings. The van der Waals surface area contributed by atoms with Gasteiger partial charge in [0.1, 0.15) is 25.1 Å². The van der Waals surface area contributed by atoms with Crippen LogP contribution in [0.1, 0.15) is 17.2 Å². The van der Waals surface area contributed by atoms with Crippen molar-refractivity contribution in [3.8, 4) is 11.5 Å². The highest BCUT2D eigenvalue weighted by Gasteiger charge is 2.23. The Balaban J connectivity index is 2.04. The Hall–Kier alpha value is -1.78. The first-order chi connectivity index (χ1) is 9.66. The topological polar surface area (TPSA) is 38.7 Å². The number of halogens is 2. The summed E-state index contributed by atoms with van der Waals surface area (Å²) in [6, 6.07) is 9.35.